The molecule has 16 heavy (non-hydrogen) atoms. The second-order valence-electron chi connectivity index (χ2n) is 5.66. The molecule has 1 rings (SSSR count). The molecule has 0 aromatic heterocycles. The van der Waals surface area contributed by atoms with Gasteiger partial charge in [-0.05, 0) is 39.3 Å². The van der Waals surface area contributed by atoms with Crippen molar-refractivity contribution >= 4 is 0 Å². The van der Waals surface area contributed by atoms with E-state index in [0.717, 1.165) is 0 Å². The van der Waals surface area contributed by atoms with Gasteiger partial charge in [0, 0.05) is 5.54 Å². The predicted molar refractivity (Wildman–Crippen MR) is 72.9 cm³/mol. The largest absolute Gasteiger partial charge is 0.301 e. The van der Waals surface area contributed by atoms with Crippen LogP contribution in [0.1, 0.15) is 78.1 Å². The molecule has 0 N–H and O–H groups in total. The molecule has 0 saturated carbocycles. The first-order valence-corrected chi connectivity index (χ1v) is 7.46. The molecule has 1 heterocycles. The molecule has 1 nitrogen and oxygen atoms in total. The van der Waals surface area contributed by atoms with Crippen molar-refractivity contribution in [3.05, 3.63) is 0 Å². The SMILES string of the molecule is CCCCCC1(CCCCC)CCCN1C. The highest BCUT2D eigenvalue weighted by Gasteiger charge is 2.36. The fourth-order valence-electron chi connectivity index (χ4n) is 3.24. The molecule has 0 aliphatic carbocycles. The minimum atomic E-state index is 0.588. The first-order chi connectivity index (χ1) is 7.75. The first kappa shape index (κ1) is 14.0. The van der Waals surface area contributed by atoms with E-state index in [0.29, 0.717) is 5.54 Å². The molecule has 1 aliphatic heterocycles. The molecule has 0 amide bonds. The summed E-state index contributed by atoms with van der Waals surface area (Å²) in [5.41, 5.74) is 0.588. The minimum absolute atomic E-state index is 0.588. The highest BCUT2D eigenvalue weighted by atomic mass is 15.2. The molecule has 0 atom stereocenters. The Balaban J connectivity index is 2.40. The Labute approximate surface area is 103 Å². The third-order valence-corrected chi connectivity index (χ3v) is 4.44. The third-order valence-electron chi connectivity index (χ3n) is 4.44. The summed E-state index contributed by atoms with van der Waals surface area (Å²) in [5.74, 6) is 0. The zero-order chi connectivity index (χ0) is 11.9. The quantitative estimate of drug-likeness (QED) is 0.545. The zero-order valence-corrected chi connectivity index (χ0v) is 11.7. The van der Waals surface area contributed by atoms with Gasteiger partial charge >= 0.3 is 0 Å². The smallest absolute Gasteiger partial charge is 0.0207 e. The van der Waals surface area contributed by atoms with Crippen molar-refractivity contribution in [3.63, 3.8) is 0 Å². The summed E-state index contributed by atoms with van der Waals surface area (Å²) < 4.78 is 0. The molecule has 1 heteroatoms. The highest BCUT2D eigenvalue weighted by molar-refractivity contribution is 4.93. The molecule has 1 fully saturated rings. The maximum atomic E-state index is 2.66. The van der Waals surface area contributed by atoms with E-state index in [1.807, 2.05) is 0 Å². The van der Waals surface area contributed by atoms with Gasteiger partial charge in [-0.15, -0.1) is 0 Å². The Kier molecular flexibility index (Phi) is 6.41. The van der Waals surface area contributed by atoms with Crippen LogP contribution in [0.15, 0.2) is 0 Å². The van der Waals surface area contributed by atoms with E-state index in [2.05, 4.69) is 25.8 Å². The van der Waals surface area contributed by atoms with Gasteiger partial charge in [-0.2, -0.15) is 0 Å². The average Bonchev–Trinajstić information content (AvgIpc) is 2.62. The van der Waals surface area contributed by atoms with Gasteiger partial charge in [0.15, 0.2) is 0 Å². The van der Waals surface area contributed by atoms with E-state index >= 15 is 0 Å². The number of unbranched alkanes of at least 4 members (excludes halogenated alkanes) is 4. The predicted octanol–water partition coefficient (Wildman–Crippen LogP) is 4.61. The molecule has 0 radical (unpaired) electrons. The zero-order valence-electron chi connectivity index (χ0n) is 11.7. The fourth-order valence-corrected chi connectivity index (χ4v) is 3.24. The van der Waals surface area contributed by atoms with Crippen LogP contribution in [-0.2, 0) is 0 Å². The molecule has 0 bridgehead atoms. The molecular formula is C15H31N. The number of nitrogens with zero attached hydrogens (tertiary/aromatic N) is 1. The van der Waals surface area contributed by atoms with Gasteiger partial charge < -0.3 is 4.90 Å². The number of hydrogen-bond donors (Lipinski definition) is 0. The number of hydrogen-bond acceptors (Lipinski definition) is 1. The molecule has 1 saturated heterocycles. The van der Waals surface area contributed by atoms with Gasteiger partial charge in [-0.1, -0.05) is 52.4 Å². The molecule has 0 unspecified atom stereocenters. The highest BCUT2D eigenvalue weighted by Crippen LogP contribution is 2.37. The summed E-state index contributed by atoms with van der Waals surface area (Å²) >= 11 is 0. The van der Waals surface area contributed by atoms with Crippen LogP contribution < -0.4 is 0 Å². The molecular weight excluding hydrogens is 194 g/mol. The summed E-state index contributed by atoms with van der Waals surface area (Å²) in [6.45, 7) is 5.95. The first-order valence-electron chi connectivity index (χ1n) is 7.46. The van der Waals surface area contributed by atoms with Crippen LogP contribution in [0.2, 0.25) is 0 Å². The molecule has 1 aliphatic rings. The van der Waals surface area contributed by atoms with E-state index in [4.69, 9.17) is 0 Å². The van der Waals surface area contributed by atoms with Gasteiger partial charge in [-0.25, -0.2) is 0 Å². The summed E-state index contributed by atoms with van der Waals surface area (Å²) in [6, 6.07) is 0. The van der Waals surface area contributed by atoms with Gasteiger partial charge in [0.1, 0.15) is 0 Å². The van der Waals surface area contributed by atoms with Crippen LogP contribution in [0.3, 0.4) is 0 Å². The summed E-state index contributed by atoms with van der Waals surface area (Å²) in [6.07, 6.45) is 14.2. The van der Waals surface area contributed by atoms with Crippen LogP contribution in [-0.4, -0.2) is 24.0 Å². The number of rotatable bonds is 8. The summed E-state index contributed by atoms with van der Waals surface area (Å²) in [5, 5.41) is 0. The van der Waals surface area contributed by atoms with Crippen molar-refractivity contribution < 1.29 is 0 Å². The lowest BCUT2D eigenvalue weighted by Crippen LogP contribution is -2.41. The average molecular weight is 225 g/mol. The lowest BCUT2D eigenvalue weighted by atomic mass is 9.84. The molecule has 0 aromatic rings. The van der Waals surface area contributed by atoms with Crippen LogP contribution in [0.5, 0.6) is 0 Å². The second-order valence-corrected chi connectivity index (χ2v) is 5.66. The van der Waals surface area contributed by atoms with Crippen molar-refractivity contribution in [2.75, 3.05) is 13.6 Å². The monoisotopic (exact) mass is 225 g/mol. The Morgan fingerprint density at radius 3 is 1.88 bits per heavy atom. The van der Waals surface area contributed by atoms with Gasteiger partial charge in [0.2, 0.25) is 0 Å². The van der Waals surface area contributed by atoms with E-state index < -0.39 is 0 Å². The third kappa shape index (κ3) is 3.76. The van der Waals surface area contributed by atoms with Gasteiger partial charge in [0.05, 0.1) is 0 Å². The summed E-state index contributed by atoms with van der Waals surface area (Å²) in [7, 11) is 2.35. The van der Waals surface area contributed by atoms with Crippen molar-refractivity contribution in [1.29, 1.82) is 0 Å². The van der Waals surface area contributed by atoms with Crippen LogP contribution >= 0.6 is 0 Å². The fraction of sp³-hybridized carbons (Fsp3) is 1.00. The van der Waals surface area contributed by atoms with E-state index in [-0.39, 0.29) is 0 Å². The Bertz CT molecular complexity index is 166. The Morgan fingerprint density at radius 2 is 1.50 bits per heavy atom. The maximum Gasteiger partial charge on any atom is 0.0207 e. The summed E-state index contributed by atoms with van der Waals surface area (Å²) in [4.78, 5) is 2.66. The standard InChI is InChI=1S/C15H31N/c1-4-6-8-11-15(12-9-7-5-2)13-10-14-16(15)3/h4-14H2,1-3H3. The van der Waals surface area contributed by atoms with Gasteiger partial charge in [-0.3, -0.25) is 0 Å². The van der Waals surface area contributed by atoms with E-state index in [9.17, 15) is 0 Å². The minimum Gasteiger partial charge on any atom is -0.301 e. The maximum absolute atomic E-state index is 2.66. The van der Waals surface area contributed by atoms with Crippen molar-refractivity contribution in [1.82, 2.24) is 4.90 Å². The second kappa shape index (κ2) is 7.32. The lowest BCUT2D eigenvalue weighted by Gasteiger charge is -2.37. The number of likely N-dealkylation sites (tertiary alicyclic amines) is 1. The topological polar surface area (TPSA) is 3.24 Å². The van der Waals surface area contributed by atoms with Crippen molar-refractivity contribution in [2.24, 2.45) is 0 Å². The van der Waals surface area contributed by atoms with Crippen LogP contribution in [0.25, 0.3) is 0 Å². The molecule has 0 aromatic carbocycles. The van der Waals surface area contributed by atoms with Crippen LogP contribution in [0.4, 0.5) is 0 Å². The van der Waals surface area contributed by atoms with E-state index in [1.165, 1.54) is 70.8 Å². The molecule has 96 valence electrons. The van der Waals surface area contributed by atoms with Crippen molar-refractivity contribution in [3.8, 4) is 0 Å². The van der Waals surface area contributed by atoms with Crippen molar-refractivity contribution in [2.45, 2.75) is 83.6 Å². The van der Waals surface area contributed by atoms with Gasteiger partial charge in [0.25, 0.3) is 0 Å². The Morgan fingerprint density at radius 1 is 0.938 bits per heavy atom. The lowest BCUT2D eigenvalue weighted by molar-refractivity contribution is 0.140. The molecule has 0 spiro atoms. The van der Waals surface area contributed by atoms with Crippen LogP contribution in [0, 0.1) is 0 Å². The Hall–Kier alpha value is -0.0400. The normalized spacial score (nSPS) is 20.4. The van der Waals surface area contributed by atoms with E-state index in [1.54, 1.807) is 0 Å².